The molecule has 0 amide bonds. The molecule has 118 valence electrons. The SMILES string of the molecule is CCCNc1cc(NC2CCCCC2)nc(C(C)(C)C)n1. The number of hydrogen-bond acceptors (Lipinski definition) is 4. The summed E-state index contributed by atoms with van der Waals surface area (Å²) in [6.07, 6.45) is 7.64. The van der Waals surface area contributed by atoms with E-state index in [1.165, 1.54) is 32.1 Å². The monoisotopic (exact) mass is 290 g/mol. The van der Waals surface area contributed by atoms with Crippen LogP contribution in [0.2, 0.25) is 0 Å². The average Bonchev–Trinajstić information content (AvgIpc) is 2.45. The fourth-order valence-electron chi connectivity index (χ4n) is 2.66. The van der Waals surface area contributed by atoms with Gasteiger partial charge < -0.3 is 10.6 Å². The number of rotatable bonds is 5. The molecule has 2 N–H and O–H groups in total. The van der Waals surface area contributed by atoms with Crippen LogP contribution in [0.15, 0.2) is 6.07 Å². The molecule has 0 saturated heterocycles. The number of nitrogens with one attached hydrogen (secondary N) is 2. The van der Waals surface area contributed by atoms with Crippen molar-refractivity contribution in [1.29, 1.82) is 0 Å². The summed E-state index contributed by atoms with van der Waals surface area (Å²) in [7, 11) is 0. The topological polar surface area (TPSA) is 49.8 Å². The minimum absolute atomic E-state index is 0.0348. The Kier molecular flexibility index (Phi) is 5.43. The van der Waals surface area contributed by atoms with Crippen LogP contribution in [-0.2, 0) is 5.41 Å². The molecule has 1 aliphatic rings. The van der Waals surface area contributed by atoms with Crippen LogP contribution >= 0.6 is 0 Å². The van der Waals surface area contributed by atoms with E-state index >= 15 is 0 Å². The summed E-state index contributed by atoms with van der Waals surface area (Å²) in [5.41, 5.74) is -0.0348. The molecule has 1 heterocycles. The first kappa shape index (κ1) is 16.1. The molecule has 0 radical (unpaired) electrons. The van der Waals surface area contributed by atoms with Crippen molar-refractivity contribution in [2.75, 3.05) is 17.2 Å². The van der Waals surface area contributed by atoms with Crippen LogP contribution in [0.25, 0.3) is 0 Å². The fourth-order valence-corrected chi connectivity index (χ4v) is 2.66. The summed E-state index contributed by atoms with van der Waals surface area (Å²) < 4.78 is 0. The molecule has 21 heavy (non-hydrogen) atoms. The van der Waals surface area contributed by atoms with Crippen molar-refractivity contribution in [3.63, 3.8) is 0 Å². The van der Waals surface area contributed by atoms with Crippen molar-refractivity contribution in [3.8, 4) is 0 Å². The van der Waals surface area contributed by atoms with Crippen LogP contribution < -0.4 is 10.6 Å². The van der Waals surface area contributed by atoms with Gasteiger partial charge in [0.1, 0.15) is 17.5 Å². The molecule has 0 aliphatic heterocycles. The van der Waals surface area contributed by atoms with Gasteiger partial charge >= 0.3 is 0 Å². The minimum Gasteiger partial charge on any atom is -0.370 e. The maximum absolute atomic E-state index is 4.74. The van der Waals surface area contributed by atoms with E-state index in [0.29, 0.717) is 6.04 Å². The van der Waals surface area contributed by atoms with E-state index in [9.17, 15) is 0 Å². The highest BCUT2D eigenvalue weighted by Gasteiger charge is 2.20. The van der Waals surface area contributed by atoms with Gasteiger partial charge in [-0.1, -0.05) is 47.0 Å². The highest BCUT2D eigenvalue weighted by atomic mass is 15.1. The first-order chi connectivity index (χ1) is 9.99. The molecule has 0 bridgehead atoms. The Balaban J connectivity index is 2.17. The first-order valence-electron chi connectivity index (χ1n) is 8.39. The molecule has 1 aromatic rings. The summed E-state index contributed by atoms with van der Waals surface area (Å²) in [6.45, 7) is 9.60. The van der Waals surface area contributed by atoms with Crippen LogP contribution in [-0.4, -0.2) is 22.6 Å². The fraction of sp³-hybridized carbons (Fsp3) is 0.765. The highest BCUT2D eigenvalue weighted by Crippen LogP contribution is 2.25. The molecule has 1 aliphatic carbocycles. The molecule has 1 saturated carbocycles. The minimum atomic E-state index is -0.0348. The molecular formula is C17H30N4. The zero-order chi connectivity index (χ0) is 15.3. The van der Waals surface area contributed by atoms with Crippen molar-refractivity contribution in [1.82, 2.24) is 9.97 Å². The second-order valence-corrected chi connectivity index (χ2v) is 7.12. The molecule has 2 rings (SSSR count). The van der Waals surface area contributed by atoms with Crippen LogP contribution in [0.3, 0.4) is 0 Å². The van der Waals surface area contributed by atoms with Gasteiger partial charge in [-0.2, -0.15) is 0 Å². The normalized spacial score (nSPS) is 16.8. The maximum Gasteiger partial charge on any atom is 0.138 e. The van der Waals surface area contributed by atoms with Gasteiger partial charge in [0.05, 0.1) is 0 Å². The average molecular weight is 290 g/mol. The van der Waals surface area contributed by atoms with Gasteiger partial charge in [-0.15, -0.1) is 0 Å². The van der Waals surface area contributed by atoms with E-state index in [0.717, 1.165) is 30.4 Å². The van der Waals surface area contributed by atoms with Crippen molar-refractivity contribution in [2.24, 2.45) is 0 Å². The lowest BCUT2D eigenvalue weighted by Crippen LogP contribution is -2.25. The lowest BCUT2D eigenvalue weighted by atomic mass is 9.95. The van der Waals surface area contributed by atoms with Gasteiger partial charge in [0.2, 0.25) is 0 Å². The number of anilines is 2. The maximum atomic E-state index is 4.74. The van der Waals surface area contributed by atoms with Crippen molar-refractivity contribution < 1.29 is 0 Å². The van der Waals surface area contributed by atoms with Gasteiger partial charge in [-0.05, 0) is 19.3 Å². The zero-order valence-corrected chi connectivity index (χ0v) is 14.0. The van der Waals surface area contributed by atoms with E-state index in [-0.39, 0.29) is 5.41 Å². The Labute approximate surface area is 129 Å². The Hall–Kier alpha value is -1.32. The van der Waals surface area contributed by atoms with Gasteiger partial charge in [-0.25, -0.2) is 9.97 Å². The summed E-state index contributed by atoms with van der Waals surface area (Å²) in [5, 5.41) is 7.01. The van der Waals surface area contributed by atoms with E-state index in [1.807, 2.05) is 0 Å². The first-order valence-corrected chi connectivity index (χ1v) is 8.39. The molecule has 0 aromatic carbocycles. The standard InChI is InChI=1S/C17H30N4/c1-5-11-18-14-12-15(19-13-9-7-6-8-10-13)21-16(20-14)17(2,3)4/h12-13H,5-11H2,1-4H3,(H2,18,19,20,21). The van der Waals surface area contributed by atoms with Gasteiger partial charge in [0, 0.05) is 24.1 Å². The third kappa shape index (κ3) is 4.87. The van der Waals surface area contributed by atoms with Crippen molar-refractivity contribution >= 4 is 11.6 Å². The number of hydrogen-bond donors (Lipinski definition) is 2. The zero-order valence-electron chi connectivity index (χ0n) is 14.0. The van der Waals surface area contributed by atoms with E-state index in [2.05, 4.69) is 49.4 Å². The lowest BCUT2D eigenvalue weighted by molar-refractivity contribution is 0.461. The van der Waals surface area contributed by atoms with Crippen molar-refractivity contribution in [3.05, 3.63) is 11.9 Å². The van der Waals surface area contributed by atoms with Crippen molar-refractivity contribution in [2.45, 2.75) is 77.7 Å². The predicted octanol–water partition coefficient (Wildman–Crippen LogP) is 4.34. The van der Waals surface area contributed by atoms with Crippen LogP contribution in [0, 0.1) is 0 Å². The van der Waals surface area contributed by atoms with Gasteiger partial charge in [0.15, 0.2) is 0 Å². The Morgan fingerprint density at radius 1 is 1.10 bits per heavy atom. The third-order valence-corrected chi connectivity index (χ3v) is 3.91. The Bertz CT molecular complexity index is 445. The van der Waals surface area contributed by atoms with Gasteiger partial charge in [-0.3, -0.25) is 0 Å². The predicted molar refractivity (Wildman–Crippen MR) is 90.0 cm³/mol. The smallest absolute Gasteiger partial charge is 0.138 e. The summed E-state index contributed by atoms with van der Waals surface area (Å²) >= 11 is 0. The van der Waals surface area contributed by atoms with Crippen LogP contribution in [0.4, 0.5) is 11.6 Å². The van der Waals surface area contributed by atoms with E-state index < -0.39 is 0 Å². The third-order valence-electron chi connectivity index (χ3n) is 3.91. The quantitative estimate of drug-likeness (QED) is 0.847. The summed E-state index contributed by atoms with van der Waals surface area (Å²) in [6, 6.07) is 2.62. The largest absolute Gasteiger partial charge is 0.370 e. The Morgan fingerprint density at radius 2 is 1.76 bits per heavy atom. The second-order valence-electron chi connectivity index (χ2n) is 7.12. The molecule has 4 nitrogen and oxygen atoms in total. The highest BCUT2D eigenvalue weighted by molar-refractivity contribution is 5.48. The number of nitrogens with zero attached hydrogens (tertiary/aromatic N) is 2. The van der Waals surface area contributed by atoms with E-state index in [4.69, 9.17) is 4.98 Å². The summed E-state index contributed by atoms with van der Waals surface area (Å²) in [4.78, 5) is 9.42. The van der Waals surface area contributed by atoms with Gasteiger partial charge in [0.25, 0.3) is 0 Å². The van der Waals surface area contributed by atoms with E-state index in [1.54, 1.807) is 0 Å². The Morgan fingerprint density at radius 3 is 2.38 bits per heavy atom. The molecule has 0 atom stereocenters. The van der Waals surface area contributed by atoms with Crippen LogP contribution in [0.5, 0.6) is 0 Å². The number of aromatic nitrogens is 2. The molecule has 1 aromatic heterocycles. The molecule has 1 fully saturated rings. The molecule has 4 heteroatoms. The summed E-state index contributed by atoms with van der Waals surface area (Å²) in [5.74, 6) is 2.82. The molecule has 0 unspecified atom stereocenters. The lowest BCUT2D eigenvalue weighted by Gasteiger charge is -2.25. The second kappa shape index (κ2) is 7.10. The molecular weight excluding hydrogens is 260 g/mol. The molecule has 0 spiro atoms. The van der Waals surface area contributed by atoms with Crippen LogP contribution in [0.1, 0.15) is 72.0 Å².